The van der Waals surface area contributed by atoms with Gasteiger partial charge in [-0.3, -0.25) is 0 Å². The molecule has 2 aromatic carbocycles. The Morgan fingerprint density at radius 1 is 0.527 bits per heavy atom. The topological polar surface area (TPSA) is 482 Å². The molecule has 74 heavy (non-hydrogen) atoms. The van der Waals surface area contributed by atoms with Crippen molar-refractivity contribution in [1.82, 2.24) is 29.9 Å². The van der Waals surface area contributed by atoms with Crippen molar-refractivity contribution in [2.45, 2.75) is 48.1 Å². The maximum absolute atomic E-state index is 12.6. The van der Waals surface area contributed by atoms with Crippen LogP contribution in [0.25, 0.3) is 12.2 Å². The molecular formula is C36H48N12Na4O18S4. The molecule has 38 heteroatoms. The van der Waals surface area contributed by atoms with E-state index in [0.717, 1.165) is 36.4 Å². The zero-order chi connectivity index (χ0) is 52.2. The van der Waals surface area contributed by atoms with Crippen molar-refractivity contribution in [3.63, 3.8) is 0 Å². The number of rotatable bonds is 28. The Morgan fingerprint density at radius 3 is 1.14 bits per heavy atom. The molecule has 4 rings (SSSR count). The molecule has 0 radical (unpaired) electrons. The standard InChI is InChI=1S/C36H52N12O18S4.4Na/c1-21(51)15-47(17-27(53)19-49)35-43-31(37-9-11-67(55,56)57)41-33(45-35)39-25-7-5-23(29(13-25)69(61,62)63)3-4-24-6-8-26(14-30(24)70(64,65)66)40-34-42-32(38-10-12-68(58,59)60)44-36(46-34)48(16-22(2)52)18-28(54)20-50;;;;/h3-8,13-14,21-22,27-28,49-54H,9-12,15-20H2,1-2H3,(H,55,56,57)(H,58,59,60)(H,61,62,63)(H,64,65,66)(H2,37,39,41,43,45)(H2,38,40,42,44,46);;;;/q;4*+1/p-4. The second-order valence-corrected chi connectivity index (χ2v) is 20.9. The molecule has 0 spiro atoms. The van der Waals surface area contributed by atoms with Crippen LogP contribution in [0.15, 0.2) is 46.2 Å². The van der Waals surface area contributed by atoms with E-state index in [0.29, 0.717) is 0 Å². The molecule has 2 heterocycles. The Labute approximate surface area is 514 Å². The average Bonchev–Trinajstić information content (AvgIpc) is 3.23. The normalized spacial score (nSPS) is 13.4. The Bertz CT molecular complexity index is 2750. The van der Waals surface area contributed by atoms with Gasteiger partial charge in [0, 0.05) is 50.6 Å². The van der Waals surface area contributed by atoms with Crippen molar-refractivity contribution in [3.8, 4) is 0 Å². The number of aliphatic hydroxyl groups excluding tert-OH is 6. The van der Waals surface area contributed by atoms with Crippen molar-refractivity contribution in [3.05, 3.63) is 47.5 Å². The minimum Gasteiger partial charge on any atom is -0.748 e. The fourth-order valence-corrected chi connectivity index (χ4v) is 8.06. The van der Waals surface area contributed by atoms with E-state index in [9.17, 15) is 82.5 Å². The van der Waals surface area contributed by atoms with Gasteiger partial charge in [-0.1, -0.05) is 24.3 Å². The molecule has 0 bridgehead atoms. The Balaban J connectivity index is 0.0000133. The summed E-state index contributed by atoms with van der Waals surface area (Å²) < 4.78 is 143. The molecule has 0 saturated carbocycles. The van der Waals surface area contributed by atoms with Gasteiger partial charge in [0.15, 0.2) is 0 Å². The number of benzene rings is 2. The van der Waals surface area contributed by atoms with Gasteiger partial charge in [-0.15, -0.1) is 0 Å². The zero-order valence-corrected chi connectivity index (χ0v) is 52.1. The molecule has 0 fully saturated rings. The first-order valence-corrected chi connectivity index (χ1v) is 26.2. The molecular weight excluding hydrogens is 1110 g/mol. The van der Waals surface area contributed by atoms with Gasteiger partial charge in [0.1, 0.15) is 20.2 Å². The molecule has 4 aromatic rings. The van der Waals surface area contributed by atoms with E-state index < -0.39 is 112 Å². The molecule has 4 unspecified atom stereocenters. The molecule has 4 atom stereocenters. The van der Waals surface area contributed by atoms with Gasteiger partial charge in [-0.25, -0.2) is 33.7 Å². The van der Waals surface area contributed by atoms with Crippen LogP contribution in [0.4, 0.5) is 47.1 Å². The van der Waals surface area contributed by atoms with Gasteiger partial charge in [-0.05, 0) is 49.2 Å². The summed E-state index contributed by atoms with van der Waals surface area (Å²) >= 11 is 0. The number of aromatic nitrogens is 6. The van der Waals surface area contributed by atoms with Crippen LogP contribution in [0.1, 0.15) is 25.0 Å². The molecule has 388 valence electrons. The number of nitrogens with zero attached hydrogens (tertiary/aromatic N) is 8. The second-order valence-electron chi connectivity index (χ2n) is 15.1. The maximum atomic E-state index is 12.6. The van der Waals surface area contributed by atoms with Gasteiger partial charge < -0.3 is 79.9 Å². The summed E-state index contributed by atoms with van der Waals surface area (Å²) in [4.78, 5) is 25.5. The predicted molar refractivity (Wildman–Crippen MR) is 244 cm³/mol. The van der Waals surface area contributed by atoms with Crippen molar-refractivity contribution in [2.24, 2.45) is 0 Å². The van der Waals surface area contributed by atoms with Crippen LogP contribution in [0.2, 0.25) is 0 Å². The SMILES string of the molecule is CC(O)CN(CC(O)CO)c1nc(NCCS(=O)(=O)[O-])nc(Nc2ccc(C=Cc3ccc(Nc4nc(NCCS(=O)(=O)[O-])nc(N(CC(C)O)CC(O)CO)n4)cc3S(=O)(=O)[O-])c(S(=O)(=O)[O-])c2)n1.[Na+].[Na+].[Na+].[Na+]. The van der Waals surface area contributed by atoms with Crippen molar-refractivity contribution in [1.29, 1.82) is 0 Å². The molecule has 2 aromatic heterocycles. The molecule has 0 saturated heterocycles. The summed E-state index contributed by atoms with van der Waals surface area (Å²) in [6.07, 6.45) is -2.80. The first-order chi connectivity index (χ1) is 32.5. The Morgan fingerprint density at radius 2 is 0.851 bits per heavy atom. The van der Waals surface area contributed by atoms with Crippen molar-refractivity contribution >= 4 is 99.7 Å². The second kappa shape index (κ2) is 32.5. The fourth-order valence-electron chi connectivity index (χ4n) is 5.97. The number of hydrogen-bond donors (Lipinski definition) is 10. The maximum Gasteiger partial charge on any atom is 1.00 e. The quantitative estimate of drug-likeness (QED) is 0.0143. The van der Waals surface area contributed by atoms with Crippen LogP contribution in [0, 0.1) is 0 Å². The van der Waals surface area contributed by atoms with Gasteiger partial charge >= 0.3 is 118 Å². The third-order valence-electron chi connectivity index (χ3n) is 8.86. The van der Waals surface area contributed by atoms with Crippen molar-refractivity contribution < 1.29 is 201 Å². The minimum absolute atomic E-state index is 0. The fraction of sp³-hybridized carbons (Fsp3) is 0.444. The molecule has 30 nitrogen and oxygen atoms in total. The summed E-state index contributed by atoms with van der Waals surface area (Å²) in [5.41, 5.74) is -0.930. The van der Waals surface area contributed by atoms with E-state index in [1.165, 1.54) is 35.8 Å². The summed E-state index contributed by atoms with van der Waals surface area (Å²) in [7, 11) is -20.1. The molecule has 10 N–H and O–H groups in total. The van der Waals surface area contributed by atoms with Crippen molar-refractivity contribution in [2.75, 3.05) is 95.1 Å². The number of hydrogen-bond acceptors (Lipinski definition) is 30. The van der Waals surface area contributed by atoms with Gasteiger partial charge in [0.05, 0.1) is 79.2 Å². The van der Waals surface area contributed by atoms with E-state index in [4.69, 9.17) is 0 Å². The van der Waals surface area contributed by atoms with E-state index in [1.54, 1.807) is 0 Å². The Hall–Kier alpha value is -1.60. The number of anilines is 8. The van der Waals surface area contributed by atoms with Crippen LogP contribution < -0.4 is 149 Å². The summed E-state index contributed by atoms with van der Waals surface area (Å²) in [6.45, 7) is -0.694. The third-order valence-corrected chi connectivity index (χ3v) is 12.0. The number of aliphatic hydroxyl groups is 6. The van der Waals surface area contributed by atoms with E-state index in [2.05, 4.69) is 51.2 Å². The molecule has 0 aliphatic carbocycles. The monoisotopic (exact) mass is 1160 g/mol. The summed E-state index contributed by atoms with van der Waals surface area (Å²) in [5, 5.41) is 69.6. The first-order valence-electron chi connectivity index (χ1n) is 20.2. The Kier molecular flexibility index (Phi) is 31.8. The molecule has 0 aliphatic rings. The largest absolute Gasteiger partial charge is 1.00 e. The third kappa shape index (κ3) is 25.5. The van der Waals surface area contributed by atoms with Crippen LogP contribution >= 0.6 is 0 Å². The van der Waals surface area contributed by atoms with E-state index in [-0.39, 0.29) is 203 Å². The zero-order valence-electron chi connectivity index (χ0n) is 40.8. The van der Waals surface area contributed by atoms with Gasteiger partial charge in [0.25, 0.3) is 0 Å². The first kappa shape index (κ1) is 72.4. The molecule has 0 amide bonds. The number of nitrogens with one attached hydrogen (secondary N) is 4. The summed E-state index contributed by atoms with van der Waals surface area (Å²) in [6, 6.07) is 6.38. The van der Waals surface area contributed by atoms with E-state index in [1.807, 2.05) is 0 Å². The molecule has 0 aliphatic heterocycles. The van der Waals surface area contributed by atoms with Crippen LogP contribution in [0.3, 0.4) is 0 Å². The minimum atomic E-state index is -5.34. The average molecular weight is 1160 g/mol. The van der Waals surface area contributed by atoms with E-state index >= 15 is 0 Å². The van der Waals surface area contributed by atoms with Gasteiger partial charge in [0.2, 0.25) is 35.7 Å². The van der Waals surface area contributed by atoms with Crippen LogP contribution in [0.5, 0.6) is 0 Å². The summed E-state index contributed by atoms with van der Waals surface area (Å²) in [5.74, 6) is -3.75. The van der Waals surface area contributed by atoms with Crippen LogP contribution in [-0.4, -0.2) is 201 Å². The predicted octanol–water partition coefficient (Wildman–Crippen LogP) is -15.5. The van der Waals surface area contributed by atoms with Gasteiger partial charge in [-0.2, -0.15) is 29.9 Å². The smallest absolute Gasteiger partial charge is 0.748 e. The van der Waals surface area contributed by atoms with Crippen LogP contribution in [-0.2, 0) is 40.5 Å².